The zero-order valence-electron chi connectivity index (χ0n) is 18.6. The van der Waals surface area contributed by atoms with Gasteiger partial charge in [0.15, 0.2) is 4.87 Å². The molecule has 2 amide bonds. The molecule has 2 aliphatic rings. The highest BCUT2D eigenvalue weighted by Crippen LogP contribution is 2.55. The summed E-state index contributed by atoms with van der Waals surface area (Å²) in [6.45, 7) is 7.14. The predicted molar refractivity (Wildman–Crippen MR) is 130 cm³/mol. The normalized spacial score (nSPS) is 19.7. The number of hydrogen-bond acceptors (Lipinski definition) is 3. The first-order valence-corrected chi connectivity index (χ1v) is 11.9. The summed E-state index contributed by atoms with van der Waals surface area (Å²) in [6.07, 6.45) is 0. The van der Waals surface area contributed by atoms with Gasteiger partial charge in [0, 0.05) is 23.4 Å². The second-order valence-electron chi connectivity index (χ2n) is 8.72. The van der Waals surface area contributed by atoms with Gasteiger partial charge in [-0.15, -0.1) is 11.8 Å². The number of rotatable bonds is 3. The smallest absolute Gasteiger partial charge is 0.268 e. The van der Waals surface area contributed by atoms with Gasteiger partial charge in [0.1, 0.15) is 0 Å². The minimum Gasteiger partial charge on any atom is -0.311 e. The van der Waals surface area contributed by atoms with E-state index < -0.39 is 4.87 Å². The van der Waals surface area contributed by atoms with Crippen LogP contribution >= 0.6 is 11.8 Å². The highest BCUT2D eigenvalue weighted by molar-refractivity contribution is 8.01. The molecule has 2 heterocycles. The molecule has 162 valence electrons. The van der Waals surface area contributed by atoms with E-state index >= 15 is 0 Å². The fraction of sp³-hybridized carbons (Fsp3) is 0.259. The lowest BCUT2D eigenvalue weighted by Crippen LogP contribution is -2.50. The van der Waals surface area contributed by atoms with Crippen molar-refractivity contribution >= 4 is 29.3 Å². The van der Waals surface area contributed by atoms with Crippen LogP contribution in [-0.4, -0.2) is 29.0 Å². The summed E-state index contributed by atoms with van der Waals surface area (Å²) >= 11 is 1.58. The van der Waals surface area contributed by atoms with Crippen LogP contribution in [0.1, 0.15) is 38.2 Å². The lowest BCUT2D eigenvalue weighted by molar-refractivity contribution is -0.123. The van der Waals surface area contributed by atoms with Gasteiger partial charge in [-0.05, 0) is 44.5 Å². The Morgan fingerprint density at radius 3 is 2.41 bits per heavy atom. The summed E-state index contributed by atoms with van der Waals surface area (Å²) in [5.74, 6) is 0.616. The first-order valence-electron chi connectivity index (χ1n) is 10.9. The van der Waals surface area contributed by atoms with Crippen LogP contribution in [0, 0.1) is 20.8 Å². The van der Waals surface area contributed by atoms with Crippen molar-refractivity contribution in [1.29, 1.82) is 0 Å². The Bertz CT molecular complexity index is 1220. The third kappa shape index (κ3) is 3.23. The largest absolute Gasteiger partial charge is 0.311 e. The standard InChI is InChI=1S/C27H26N2O2S/c1-18-7-10-22(11-8-18)25(30)29-13-14-32-27(29)23-16-20(3)9-12-24(23)28(26(27)31)17-21-6-4-5-19(2)15-21/h4-12,15-16H,13-14,17H2,1-3H3. The Labute approximate surface area is 193 Å². The number of amides is 2. The quantitative estimate of drug-likeness (QED) is 0.560. The summed E-state index contributed by atoms with van der Waals surface area (Å²) in [5.41, 5.74) is 6.89. The van der Waals surface area contributed by atoms with Crippen molar-refractivity contribution in [2.24, 2.45) is 0 Å². The van der Waals surface area contributed by atoms with E-state index in [4.69, 9.17) is 0 Å². The van der Waals surface area contributed by atoms with E-state index in [0.717, 1.165) is 33.7 Å². The molecule has 2 aliphatic heterocycles. The molecule has 3 aromatic carbocycles. The van der Waals surface area contributed by atoms with Crippen molar-refractivity contribution in [1.82, 2.24) is 4.90 Å². The lowest BCUT2D eigenvalue weighted by Gasteiger charge is -2.33. The SMILES string of the molecule is Cc1ccc(C(=O)N2CCSC23C(=O)N(Cc2cccc(C)c2)c2ccc(C)cc23)cc1. The maximum atomic E-state index is 14.1. The summed E-state index contributed by atoms with van der Waals surface area (Å²) in [6, 6.07) is 22.0. The number of thioether (sulfide) groups is 1. The van der Waals surface area contributed by atoms with Gasteiger partial charge in [0.05, 0.1) is 12.2 Å². The highest BCUT2D eigenvalue weighted by atomic mass is 32.2. The topological polar surface area (TPSA) is 40.6 Å². The summed E-state index contributed by atoms with van der Waals surface area (Å²) in [5, 5.41) is 0. The molecule has 0 aliphatic carbocycles. The molecule has 0 saturated carbocycles. The predicted octanol–water partition coefficient (Wildman–Crippen LogP) is 5.20. The molecule has 1 saturated heterocycles. The number of carbonyl (C=O) groups excluding carboxylic acids is 2. The molecular formula is C27H26N2O2S. The Morgan fingerprint density at radius 2 is 1.66 bits per heavy atom. The third-order valence-corrected chi connectivity index (χ3v) is 7.74. The monoisotopic (exact) mass is 442 g/mol. The minimum absolute atomic E-state index is 0.0254. The lowest BCUT2D eigenvalue weighted by atomic mass is 10.0. The number of fused-ring (bicyclic) bond motifs is 2. The average Bonchev–Trinajstić information content (AvgIpc) is 3.31. The van der Waals surface area contributed by atoms with E-state index in [9.17, 15) is 9.59 Å². The number of carbonyl (C=O) groups is 2. The third-order valence-electron chi connectivity index (χ3n) is 6.32. The average molecular weight is 443 g/mol. The zero-order valence-corrected chi connectivity index (χ0v) is 19.4. The molecule has 1 atom stereocenters. The summed E-state index contributed by atoms with van der Waals surface area (Å²) < 4.78 is 0. The van der Waals surface area contributed by atoms with Crippen LogP contribution in [0.5, 0.6) is 0 Å². The van der Waals surface area contributed by atoms with Gasteiger partial charge in [0.2, 0.25) is 0 Å². The molecule has 1 spiro atoms. The van der Waals surface area contributed by atoms with Crippen molar-refractivity contribution in [2.75, 3.05) is 17.2 Å². The molecule has 3 aromatic rings. The second kappa shape index (κ2) is 7.82. The number of nitrogens with zero attached hydrogens (tertiary/aromatic N) is 2. The highest BCUT2D eigenvalue weighted by Gasteiger charge is 2.59. The van der Waals surface area contributed by atoms with Gasteiger partial charge in [0.25, 0.3) is 11.8 Å². The van der Waals surface area contributed by atoms with Gasteiger partial charge in [-0.2, -0.15) is 0 Å². The van der Waals surface area contributed by atoms with Crippen LogP contribution in [0.4, 0.5) is 5.69 Å². The molecule has 5 rings (SSSR count). The molecule has 5 heteroatoms. The second-order valence-corrected chi connectivity index (χ2v) is 10.0. The molecular weight excluding hydrogens is 416 g/mol. The van der Waals surface area contributed by atoms with Crippen molar-refractivity contribution < 1.29 is 9.59 Å². The van der Waals surface area contributed by atoms with Crippen LogP contribution in [0.25, 0.3) is 0 Å². The van der Waals surface area contributed by atoms with Crippen LogP contribution < -0.4 is 4.90 Å². The maximum absolute atomic E-state index is 14.1. The van der Waals surface area contributed by atoms with Crippen molar-refractivity contribution in [3.05, 3.63) is 100 Å². The fourth-order valence-electron chi connectivity index (χ4n) is 4.73. The van der Waals surface area contributed by atoms with Gasteiger partial charge >= 0.3 is 0 Å². The number of aryl methyl sites for hydroxylation is 3. The number of hydrogen-bond donors (Lipinski definition) is 0. The van der Waals surface area contributed by atoms with Crippen LogP contribution in [0.2, 0.25) is 0 Å². The molecule has 0 bridgehead atoms. The molecule has 32 heavy (non-hydrogen) atoms. The van der Waals surface area contributed by atoms with Crippen molar-refractivity contribution in [3.63, 3.8) is 0 Å². The van der Waals surface area contributed by atoms with E-state index in [-0.39, 0.29) is 11.8 Å². The molecule has 1 unspecified atom stereocenters. The van der Waals surface area contributed by atoms with Crippen LogP contribution in [0.15, 0.2) is 66.7 Å². The van der Waals surface area contributed by atoms with Gasteiger partial charge in [-0.25, -0.2) is 0 Å². The van der Waals surface area contributed by atoms with Gasteiger partial charge in [-0.1, -0.05) is 65.2 Å². The minimum atomic E-state index is -1.01. The van der Waals surface area contributed by atoms with Gasteiger partial charge < -0.3 is 9.80 Å². The van der Waals surface area contributed by atoms with E-state index in [1.54, 1.807) is 16.7 Å². The summed E-state index contributed by atoms with van der Waals surface area (Å²) in [4.78, 5) is 30.4. The van der Waals surface area contributed by atoms with Crippen molar-refractivity contribution in [3.8, 4) is 0 Å². The Hall–Kier alpha value is -3.05. The Balaban J connectivity index is 1.59. The molecule has 4 nitrogen and oxygen atoms in total. The fourth-order valence-corrected chi connectivity index (χ4v) is 6.18. The first-order chi connectivity index (χ1) is 15.4. The zero-order chi connectivity index (χ0) is 22.5. The van der Waals surface area contributed by atoms with Crippen molar-refractivity contribution in [2.45, 2.75) is 32.2 Å². The van der Waals surface area contributed by atoms with Crippen LogP contribution in [0.3, 0.4) is 0 Å². The molecule has 0 N–H and O–H groups in total. The van der Waals surface area contributed by atoms with E-state index in [1.165, 1.54) is 5.56 Å². The van der Waals surface area contributed by atoms with Crippen LogP contribution in [-0.2, 0) is 16.2 Å². The van der Waals surface area contributed by atoms with E-state index in [1.807, 2.05) is 61.2 Å². The Kier molecular flexibility index (Phi) is 5.09. The summed E-state index contributed by atoms with van der Waals surface area (Å²) in [7, 11) is 0. The van der Waals surface area contributed by atoms with E-state index in [0.29, 0.717) is 18.7 Å². The molecule has 0 radical (unpaired) electrons. The maximum Gasteiger partial charge on any atom is 0.268 e. The molecule has 1 fully saturated rings. The van der Waals surface area contributed by atoms with E-state index in [2.05, 4.69) is 31.2 Å². The Morgan fingerprint density at radius 1 is 0.938 bits per heavy atom. The molecule has 0 aromatic heterocycles. The number of anilines is 1. The van der Waals surface area contributed by atoms with Gasteiger partial charge in [-0.3, -0.25) is 9.59 Å². The number of benzene rings is 3. The first kappa shape index (κ1) is 20.8.